The van der Waals surface area contributed by atoms with Gasteiger partial charge in [0.25, 0.3) is 0 Å². The van der Waals surface area contributed by atoms with Crippen molar-refractivity contribution in [2.45, 2.75) is 38.3 Å². The van der Waals surface area contributed by atoms with Gasteiger partial charge in [0.15, 0.2) is 0 Å². The first-order valence-corrected chi connectivity index (χ1v) is 6.10. The lowest BCUT2D eigenvalue weighted by Gasteiger charge is -2.19. The van der Waals surface area contributed by atoms with E-state index in [9.17, 15) is 0 Å². The monoisotopic (exact) mass is 220 g/mol. The van der Waals surface area contributed by atoms with Crippen LogP contribution in [-0.4, -0.2) is 30.3 Å². The molecule has 3 nitrogen and oxygen atoms in total. The van der Waals surface area contributed by atoms with E-state index in [1.54, 1.807) is 0 Å². The van der Waals surface area contributed by atoms with Gasteiger partial charge in [-0.25, -0.2) is 0 Å². The van der Waals surface area contributed by atoms with Crippen molar-refractivity contribution in [2.75, 3.05) is 13.2 Å². The number of pyridine rings is 1. The molecule has 0 bridgehead atoms. The zero-order chi connectivity index (χ0) is 11.2. The molecule has 1 aliphatic rings. The molecular weight excluding hydrogens is 200 g/mol. The van der Waals surface area contributed by atoms with E-state index < -0.39 is 0 Å². The van der Waals surface area contributed by atoms with E-state index in [0.717, 1.165) is 19.6 Å². The summed E-state index contributed by atoms with van der Waals surface area (Å²) in [4.78, 5) is 4.01. The first-order valence-electron chi connectivity index (χ1n) is 6.10. The van der Waals surface area contributed by atoms with E-state index in [1.807, 2.05) is 12.4 Å². The van der Waals surface area contributed by atoms with Gasteiger partial charge in [0, 0.05) is 25.0 Å². The molecule has 1 aliphatic heterocycles. The van der Waals surface area contributed by atoms with Crippen LogP contribution in [0.2, 0.25) is 0 Å². The number of hydrogen-bond acceptors (Lipinski definition) is 3. The molecular formula is C13H20N2O. The smallest absolute Gasteiger partial charge is 0.0726 e. The third-order valence-corrected chi connectivity index (χ3v) is 3.15. The molecule has 1 fully saturated rings. The average molecular weight is 220 g/mol. The van der Waals surface area contributed by atoms with Crippen molar-refractivity contribution in [3.05, 3.63) is 30.1 Å². The Morgan fingerprint density at radius 1 is 1.50 bits per heavy atom. The molecule has 0 aromatic carbocycles. The van der Waals surface area contributed by atoms with Gasteiger partial charge >= 0.3 is 0 Å². The minimum atomic E-state index is 0.414. The number of nitrogens with one attached hydrogen (secondary N) is 1. The van der Waals surface area contributed by atoms with Crippen LogP contribution in [0.15, 0.2) is 24.5 Å². The van der Waals surface area contributed by atoms with Crippen LogP contribution in [0.3, 0.4) is 0 Å². The van der Waals surface area contributed by atoms with E-state index in [2.05, 4.69) is 29.4 Å². The first-order chi connectivity index (χ1) is 7.86. The fraction of sp³-hybridized carbons (Fsp3) is 0.615. The Morgan fingerprint density at radius 2 is 2.31 bits per heavy atom. The number of nitrogens with zero attached hydrogens (tertiary/aromatic N) is 1. The predicted octanol–water partition coefficient (Wildman–Crippen LogP) is 1.78. The van der Waals surface area contributed by atoms with E-state index in [-0.39, 0.29) is 0 Å². The highest BCUT2D eigenvalue weighted by molar-refractivity contribution is 5.09. The Hall–Kier alpha value is -0.930. The normalized spacial score (nSPS) is 22.2. The maximum absolute atomic E-state index is 5.64. The standard InChI is InChI=1S/C13H20N2O/c1-11(13-3-2-10-16-13)15-9-6-12-4-7-14-8-5-12/h4-5,7-8,11,13,15H,2-3,6,9-10H2,1H3. The molecule has 3 heteroatoms. The minimum absolute atomic E-state index is 0.414. The lowest BCUT2D eigenvalue weighted by molar-refractivity contribution is 0.0839. The lowest BCUT2D eigenvalue weighted by Crippen LogP contribution is -2.38. The van der Waals surface area contributed by atoms with E-state index in [0.29, 0.717) is 12.1 Å². The molecule has 88 valence electrons. The van der Waals surface area contributed by atoms with E-state index in [1.165, 1.54) is 18.4 Å². The quantitative estimate of drug-likeness (QED) is 0.821. The van der Waals surface area contributed by atoms with Crippen LogP contribution in [0.4, 0.5) is 0 Å². The first kappa shape index (κ1) is 11.6. The van der Waals surface area contributed by atoms with Crippen molar-refractivity contribution in [3.8, 4) is 0 Å². The fourth-order valence-electron chi connectivity index (χ4n) is 2.12. The molecule has 16 heavy (non-hydrogen) atoms. The molecule has 2 rings (SSSR count). The van der Waals surface area contributed by atoms with Gasteiger partial charge in [-0.05, 0) is 50.4 Å². The summed E-state index contributed by atoms with van der Waals surface area (Å²) in [6.07, 6.45) is 7.57. The molecule has 0 radical (unpaired) electrons. The maximum atomic E-state index is 5.64. The van der Waals surface area contributed by atoms with Gasteiger partial charge in [-0.15, -0.1) is 0 Å². The Morgan fingerprint density at radius 3 is 3.00 bits per heavy atom. The number of rotatable bonds is 5. The Labute approximate surface area is 97.2 Å². The Kier molecular flexibility index (Phi) is 4.31. The third-order valence-electron chi connectivity index (χ3n) is 3.15. The molecule has 0 saturated carbocycles. The summed E-state index contributed by atoms with van der Waals surface area (Å²) < 4.78 is 5.64. The molecule has 1 N–H and O–H groups in total. The summed E-state index contributed by atoms with van der Waals surface area (Å²) >= 11 is 0. The van der Waals surface area contributed by atoms with Crippen LogP contribution in [0.25, 0.3) is 0 Å². The molecule has 2 heterocycles. The summed E-state index contributed by atoms with van der Waals surface area (Å²) in [6, 6.07) is 4.60. The fourth-order valence-corrected chi connectivity index (χ4v) is 2.12. The van der Waals surface area contributed by atoms with Crippen LogP contribution in [-0.2, 0) is 11.2 Å². The SMILES string of the molecule is CC(NCCc1ccncc1)C1CCCO1. The zero-order valence-electron chi connectivity index (χ0n) is 9.86. The second-order valence-corrected chi connectivity index (χ2v) is 4.40. The van der Waals surface area contributed by atoms with Crippen molar-refractivity contribution in [1.29, 1.82) is 0 Å². The van der Waals surface area contributed by atoms with Crippen molar-refractivity contribution >= 4 is 0 Å². The van der Waals surface area contributed by atoms with Gasteiger partial charge in [-0.2, -0.15) is 0 Å². The molecule has 0 spiro atoms. The van der Waals surface area contributed by atoms with Crippen LogP contribution in [0, 0.1) is 0 Å². The zero-order valence-corrected chi connectivity index (χ0v) is 9.86. The summed E-state index contributed by atoms with van der Waals surface area (Å²) in [6.45, 7) is 4.15. The van der Waals surface area contributed by atoms with Crippen molar-refractivity contribution < 1.29 is 4.74 Å². The molecule has 2 unspecified atom stereocenters. The van der Waals surface area contributed by atoms with Gasteiger partial charge in [0.2, 0.25) is 0 Å². The molecule has 1 saturated heterocycles. The lowest BCUT2D eigenvalue weighted by atomic mass is 10.1. The second kappa shape index (κ2) is 5.97. The average Bonchev–Trinajstić information content (AvgIpc) is 2.84. The topological polar surface area (TPSA) is 34.2 Å². The van der Waals surface area contributed by atoms with E-state index >= 15 is 0 Å². The van der Waals surface area contributed by atoms with Crippen molar-refractivity contribution in [2.24, 2.45) is 0 Å². The highest BCUT2D eigenvalue weighted by Gasteiger charge is 2.21. The van der Waals surface area contributed by atoms with Gasteiger partial charge in [-0.1, -0.05) is 0 Å². The van der Waals surface area contributed by atoms with Crippen LogP contribution in [0.1, 0.15) is 25.3 Å². The molecule has 1 aromatic rings. The van der Waals surface area contributed by atoms with Crippen LogP contribution in [0.5, 0.6) is 0 Å². The van der Waals surface area contributed by atoms with Crippen LogP contribution >= 0.6 is 0 Å². The Balaban J connectivity index is 1.67. The number of hydrogen-bond donors (Lipinski definition) is 1. The number of aromatic nitrogens is 1. The van der Waals surface area contributed by atoms with Crippen molar-refractivity contribution in [1.82, 2.24) is 10.3 Å². The maximum Gasteiger partial charge on any atom is 0.0726 e. The molecule has 2 atom stereocenters. The van der Waals surface area contributed by atoms with Crippen LogP contribution < -0.4 is 5.32 Å². The summed E-state index contributed by atoms with van der Waals surface area (Å²) in [5.41, 5.74) is 1.34. The van der Waals surface area contributed by atoms with Crippen molar-refractivity contribution in [3.63, 3.8) is 0 Å². The van der Waals surface area contributed by atoms with Gasteiger partial charge in [-0.3, -0.25) is 4.98 Å². The summed E-state index contributed by atoms with van der Waals surface area (Å²) in [7, 11) is 0. The van der Waals surface area contributed by atoms with E-state index in [4.69, 9.17) is 4.74 Å². The highest BCUT2D eigenvalue weighted by Crippen LogP contribution is 2.15. The molecule has 0 amide bonds. The summed E-state index contributed by atoms with van der Waals surface area (Å²) in [5, 5.41) is 3.53. The second-order valence-electron chi connectivity index (χ2n) is 4.40. The van der Waals surface area contributed by atoms with Gasteiger partial charge in [0.05, 0.1) is 6.10 Å². The molecule has 0 aliphatic carbocycles. The van der Waals surface area contributed by atoms with Gasteiger partial charge in [0.1, 0.15) is 0 Å². The largest absolute Gasteiger partial charge is 0.377 e. The third kappa shape index (κ3) is 3.29. The highest BCUT2D eigenvalue weighted by atomic mass is 16.5. The Bertz CT molecular complexity index is 296. The molecule has 1 aromatic heterocycles. The summed E-state index contributed by atoms with van der Waals surface area (Å²) in [5.74, 6) is 0. The predicted molar refractivity (Wildman–Crippen MR) is 64.4 cm³/mol. The number of ether oxygens (including phenoxy) is 1. The minimum Gasteiger partial charge on any atom is -0.377 e. The van der Waals surface area contributed by atoms with Gasteiger partial charge < -0.3 is 10.1 Å².